The predicted octanol–water partition coefficient (Wildman–Crippen LogP) is 4.99. The van der Waals surface area contributed by atoms with Crippen LogP contribution in [0.15, 0.2) is 53.0 Å². The van der Waals surface area contributed by atoms with Crippen molar-refractivity contribution in [3.8, 4) is 0 Å². The monoisotopic (exact) mass is 397 g/mol. The highest BCUT2D eigenvalue weighted by atomic mass is 79.9. The highest BCUT2D eigenvalue weighted by molar-refractivity contribution is 9.10. The van der Waals surface area contributed by atoms with Gasteiger partial charge in [-0.05, 0) is 35.4 Å². The van der Waals surface area contributed by atoms with Gasteiger partial charge in [-0.1, -0.05) is 51.8 Å². The number of amides is 1. The maximum atomic E-state index is 12.1. The van der Waals surface area contributed by atoms with Crippen molar-refractivity contribution < 1.29 is 4.79 Å². The maximum absolute atomic E-state index is 12.1. The van der Waals surface area contributed by atoms with Crippen molar-refractivity contribution in [1.82, 2.24) is 4.90 Å². The molecule has 116 valence electrons. The molecule has 1 amide bonds. The smallest absolute Gasteiger partial charge is 0.232 e. The molecule has 0 aliphatic heterocycles. The third-order valence-corrected chi connectivity index (χ3v) is 4.94. The zero-order valence-corrected chi connectivity index (χ0v) is 15.4. The first-order valence-corrected chi connectivity index (χ1v) is 9.18. The Morgan fingerprint density at radius 1 is 1.09 bits per heavy atom. The molecule has 0 aromatic heterocycles. The normalized spacial score (nSPS) is 10.5. The Kier molecular flexibility index (Phi) is 6.80. The van der Waals surface area contributed by atoms with Gasteiger partial charge in [-0.2, -0.15) is 0 Å². The van der Waals surface area contributed by atoms with Gasteiger partial charge >= 0.3 is 0 Å². The van der Waals surface area contributed by atoms with E-state index >= 15 is 0 Å². The maximum Gasteiger partial charge on any atom is 0.232 e. The molecule has 2 rings (SSSR count). The molecule has 0 radical (unpaired) electrons. The Labute approximate surface area is 149 Å². The summed E-state index contributed by atoms with van der Waals surface area (Å²) in [6.45, 7) is 0.606. The Balaban J connectivity index is 1.76. The highest BCUT2D eigenvalue weighted by Gasteiger charge is 2.09. The lowest BCUT2D eigenvalue weighted by Crippen LogP contribution is -2.27. The average Bonchev–Trinajstić information content (AvgIpc) is 2.51. The van der Waals surface area contributed by atoms with Crippen LogP contribution < -0.4 is 0 Å². The summed E-state index contributed by atoms with van der Waals surface area (Å²) in [5.74, 6) is 1.46. The largest absolute Gasteiger partial charge is 0.341 e. The second-order valence-electron chi connectivity index (χ2n) is 5.00. The number of carbonyl (C=O) groups is 1. The van der Waals surface area contributed by atoms with E-state index in [-0.39, 0.29) is 5.91 Å². The van der Waals surface area contributed by atoms with Gasteiger partial charge in [0.25, 0.3) is 0 Å². The van der Waals surface area contributed by atoms with Crippen LogP contribution in [-0.2, 0) is 17.1 Å². The SMILES string of the molecule is CN(Cc1ccc(Cl)cc1)C(=O)CSCc1ccc(Br)cc1. The molecular weight excluding hydrogens is 382 g/mol. The third-order valence-electron chi connectivity index (χ3n) is 3.17. The van der Waals surface area contributed by atoms with Crippen LogP contribution in [0.2, 0.25) is 5.02 Å². The molecule has 0 fully saturated rings. The van der Waals surface area contributed by atoms with Crippen LogP contribution in [0.25, 0.3) is 0 Å². The quantitative estimate of drug-likeness (QED) is 0.683. The van der Waals surface area contributed by atoms with Crippen LogP contribution in [0.3, 0.4) is 0 Å². The number of rotatable bonds is 6. The van der Waals surface area contributed by atoms with Crippen LogP contribution in [0.4, 0.5) is 0 Å². The van der Waals surface area contributed by atoms with Crippen molar-refractivity contribution in [1.29, 1.82) is 0 Å². The molecule has 0 saturated heterocycles. The predicted molar refractivity (Wildman–Crippen MR) is 98.2 cm³/mol. The van der Waals surface area contributed by atoms with Gasteiger partial charge in [-0.25, -0.2) is 0 Å². The molecule has 0 unspecified atom stereocenters. The lowest BCUT2D eigenvalue weighted by Gasteiger charge is -2.17. The number of hydrogen-bond donors (Lipinski definition) is 0. The van der Waals surface area contributed by atoms with E-state index in [1.54, 1.807) is 16.7 Å². The minimum Gasteiger partial charge on any atom is -0.341 e. The Hall–Kier alpha value is -0.970. The van der Waals surface area contributed by atoms with E-state index in [0.29, 0.717) is 17.3 Å². The Morgan fingerprint density at radius 2 is 1.68 bits per heavy atom. The van der Waals surface area contributed by atoms with Crippen molar-refractivity contribution >= 4 is 45.2 Å². The fraction of sp³-hybridized carbons (Fsp3) is 0.235. The zero-order valence-electron chi connectivity index (χ0n) is 12.3. The van der Waals surface area contributed by atoms with Gasteiger partial charge in [0.15, 0.2) is 0 Å². The number of carbonyl (C=O) groups excluding carboxylic acids is 1. The Bertz CT molecular complexity index is 616. The standard InChI is InChI=1S/C17H17BrClNOS/c1-20(10-13-4-8-16(19)9-5-13)17(21)12-22-11-14-2-6-15(18)7-3-14/h2-9H,10-12H2,1H3. The summed E-state index contributed by atoms with van der Waals surface area (Å²) in [5.41, 5.74) is 2.31. The van der Waals surface area contributed by atoms with E-state index in [4.69, 9.17) is 11.6 Å². The summed E-state index contributed by atoms with van der Waals surface area (Å²) in [7, 11) is 1.83. The van der Waals surface area contributed by atoms with Gasteiger partial charge in [0.1, 0.15) is 0 Å². The molecule has 0 N–H and O–H groups in total. The van der Waals surface area contributed by atoms with Crippen molar-refractivity contribution in [2.75, 3.05) is 12.8 Å². The lowest BCUT2D eigenvalue weighted by molar-refractivity contribution is -0.127. The summed E-state index contributed by atoms with van der Waals surface area (Å²) in [6, 6.07) is 15.8. The minimum atomic E-state index is 0.136. The first kappa shape index (κ1) is 17.4. The summed E-state index contributed by atoms with van der Waals surface area (Å²) in [4.78, 5) is 13.9. The molecule has 5 heteroatoms. The summed E-state index contributed by atoms with van der Waals surface area (Å²) in [5, 5.41) is 0.711. The summed E-state index contributed by atoms with van der Waals surface area (Å²) < 4.78 is 1.07. The first-order chi connectivity index (χ1) is 10.5. The molecule has 0 saturated carbocycles. The van der Waals surface area contributed by atoms with E-state index in [1.807, 2.05) is 43.4 Å². The van der Waals surface area contributed by atoms with Crippen LogP contribution in [0, 0.1) is 0 Å². The molecule has 0 spiro atoms. The number of halogens is 2. The molecule has 2 aromatic rings. The molecule has 2 aromatic carbocycles. The molecule has 0 aliphatic rings. The minimum absolute atomic E-state index is 0.136. The van der Waals surface area contributed by atoms with E-state index in [2.05, 4.69) is 28.1 Å². The number of nitrogens with zero attached hydrogens (tertiary/aromatic N) is 1. The fourth-order valence-corrected chi connectivity index (χ4v) is 3.21. The molecule has 0 atom stereocenters. The number of thioether (sulfide) groups is 1. The highest BCUT2D eigenvalue weighted by Crippen LogP contribution is 2.17. The van der Waals surface area contributed by atoms with Crippen LogP contribution in [-0.4, -0.2) is 23.6 Å². The van der Waals surface area contributed by atoms with Crippen LogP contribution in [0.5, 0.6) is 0 Å². The van der Waals surface area contributed by atoms with Gasteiger partial charge in [-0.3, -0.25) is 4.79 Å². The number of hydrogen-bond acceptors (Lipinski definition) is 2. The first-order valence-electron chi connectivity index (χ1n) is 6.85. The molecule has 0 heterocycles. The van der Waals surface area contributed by atoms with Gasteiger partial charge in [-0.15, -0.1) is 11.8 Å². The molecule has 2 nitrogen and oxygen atoms in total. The van der Waals surface area contributed by atoms with E-state index in [0.717, 1.165) is 15.8 Å². The summed E-state index contributed by atoms with van der Waals surface area (Å²) >= 11 is 10.9. The van der Waals surface area contributed by atoms with Gasteiger partial charge in [0.2, 0.25) is 5.91 Å². The number of benzene rings is 2. The topological polar surface area (TPSA) is 20.3 Å². The summed E-state index contributed by atoms with van der Waals surface area (Å²) in [6.07, 6.45) is 0. The van der Waals surface area contributed by atoms with Gasteiger partial charge < -0.3 is 4.90 Å². The van der Waals surface area contributed by atoms with E-state index in [1.165, 1.54) is 5.56 Å². The lowest BCUT2D eigenvalue weighted by atomic mass is 10.2. The van der Waals surface area contributed by atoms with Gasteiger partial charge in [0, 0.05) is 28.8 Å². The van der Waals surface area contributed by atoms with Crippen molar-refractivity contribution in [2.45, 2.75) is 12.3 Å². The van der Waals surface area contributed by atoms with E-state index in [9.17, 15) is 4.79 Å². The fourth-order valence-electron chi connectivity index (χ4n) is 1.90. The van der Waals surface area contributed by atoms with Crippen molar-refractivity contribution in [2.24, 2.45) is 0 Å². The third kappa shape index (κ3) is 5.67. The molecule has 0 bridgehead atoms. The molecular formula is C17H17BrClNOS. The second kappa shape index (κ2) is 8.61. The zero-order chi connectivity index (χ0) is 15.9. The van der Waals surface area contributed by atoms with Crippen molar-refractivity contribution in [3.63, 3.8) is 0 Å². The second-order valence-corrected chi connectivity index (χ2v) is 7.33. The van der Waals surface area contributed by atoms with Crippen molar-refractivity contribution in [3.05, 3.63) is 69.2 Å². The van der Waals surface area contributed by atoms with Crippen LogP contribution in [0.1, 0.15) is 11.1 Å². The van der Waals surface area contributed by atoms with E-state index < -0.39 is 0 Å². The van der Waals surface area contributed by atoms with Crippen LogP contribution >= 0.6 is 39.3 Å². The molecule has 0 aliphatic carbocycles. The average molecular weight is 399 g/mol. The molecule has 22 heavy (non-hydrogen) atoms. The van der Waals surface area contributed by atoms with Gasteiger partial charge in [0.05, 0.1) is 5.75 Å². The Morgan fingerprint density at radius 3 is 2.32 bits per heavy atom.